The molecule has 0 saturated carbocycles. The third kappa shape index (κ3) is 8.00. The smallest absolute Gasteiger partial charge is 0.0920 e. The first-order valence-electron chi connectivity index (χ1n) is 14.8. The van der Waals surface area contributed by atoms with E-state index in [1.54, 1.807) is 0 Å². The van der Waals surface area contributed by atoms with Crippen LogP contribution in [-0.4, -0.2) is 9.52 Å². The van der Waals surface area contributed by atoms with Crippen LogP contribution in [-0.2, 0) is 27.3 Å². The van der Waals surface area contributed by atoms with E-state index in [9.17, 15) is 0 Å². The van der Waals surface area contributed by atoms with Gasteiger partial charge in [0.05, 0.1) is 9.52 Å². The molecule has 6 rings (SSSR count). The molecular formula is C38H40Cl2SiZr. The van der Waals surface area contributed by atoms with Crippen molar-refractivity contribution in [3.8, 4) is 22.3 Å². The van der Waals surface area contributed by atoms with Gasteiger partial charge in [0, 0.05) is 0 Å². The Labute approximate surface area is 274 Å². The minimum Gasteiger partial charge on any atom is -0.184 e. The van der Waals surface area contributed by atoms with Gasteiger partial charge in [-0.3, -0.25) is 0 Å². The fourth-order valence-corrected chi connectivity index (χ4v) is 6.95. The molecule has 1 aliphatic heterocycles. The largest absolute Gasteiger partial charge is 0.184 e. The van der Waals surface area contributed by atoms with Crippen molar-refractivity contribution >= 4 is 47.7 Å². The standard InChI is InChI=1S/C26H33.C12H7Si.2ClH.Zr/c1-16(2)10-20-11-21-9-8-19(7)26(25(21)12-20)24-14-22(17(3)4)13-23(15-24)18(5)6;1-3-7-11-9(5-1)10-6-2-4-8-12(10)13-11;;;/h8-9,11-18H,10H2,1-7H3;1-7H;2*1H;/q2*-1;;;+4/p-2. The maximum Gasteiger partial charge on any atom is 0.0920 e. The van der Waals surface area contributed by atoms with Gasteiger partial charge in [0.15, 0.2) is 0 Å². The summed E-state index contributed by atoms with van der Waals surface area (Å²) in [4.78, 5) is 0. The number of fused-ring (bicyclic) bond motifs is 4. The maximum absolute atomic E-state index is 4.93. The predicted molar refractivity (Wildman–Crippen MR) is 184 cm³/mol. The quantitative estimate of drug-likeness (QED) is 0.125. The maximum atomic E-state index is 4.93. The molecular weight excluding hydrogens is 647 g/mol. The Kier molecular flexibility index (Phi) is 12.0. The predicted octanol–water partition coefficient (Wildman–Crippen LogP) is 10.5. The molecule has 5 aromatic carbocycles. The van der Waals surface area contributed by atoms with Crippen LogP contribution in [0.2, 0.25) is 0 Å². The average molecular weight is 687 g/mol. The second-order valence-corrected chi connectivity index (χ2v) is 17.1. The second kappa shape index (κ2) is 15.3. The minimum absolute atomic E-state index is 0.545. The summed E-state index contributed by atoms with van der Waals surface area (Å²) in [5.74, 6) is 1.78. The molecule has 5 aromatic rings. The Morgan fingerprint density at radius 1 is 0.810 bits per heavy atom. The van der Waals surface area contributed by atoms with E-state index in [1.165, 1.54) is 65.7 Å². The fraction of sp³-hybridized carbons (Fsp3) is 0.289. The first-order valence-corrected chi connectivity index (χ1v) is 22.1. The first-order chi connectivity index (χ1) is 20.1. The minimum atomic E-state index is -0.826. The average Bonchev–Trinajstić information content (AvgIpc) is 3.54. The summed E-state index contributed by atoms with van der Waals surface area (Å²) in [6.07, 6.45) is 1.15. The summed E-state index contributed by atoms with van der Waals surface area (Å²) < 4.78 is 0. The number of rotatable bonds is 5. The van der Waals surface area contributed by atoms with Crippen LogP contribution in [0, 0.1) is 18.9 Å². The van der Waals surface area contributed by atoms with Gasteiger partial charge in [-0.15, -0.1) is 40.1 Å². The summed E-state index contributed by atoms with van der Waals surface area (Å²) in [6, 6.07) is 34.8. The number of halogens is 2. The summed E-state index contributed by atoms with van der Waals surface area (Å²) in [5, 5.41) is 5.61. The van der Waals surface area contributed by atoms with Gasteiger partial charge in [-0.1, -0.05) is 106 Å². The van der Waals surface area contributed by atoms with Gasteiger partial charge in [0.2, 0.25) is 0 Å². The van der Waals surface area contributed by atoms with Crippen LogP contribution >= 0.6 is 17.0 Å². The molecule has 0 aliphatic carbocycles. The van der Waals surface area contributed by atoms with Crippen molar-refractivity contribution in [3.05, 3.63) is 113 Å². The molecule has 0 amide bonds. The van der Waals surface area contributed by atoms with E-state index in [0.717, 1.165) is 15.9 Å². The third-order valence-electron chi connectivity index (χ3n) is 7.73. The molecule has 0 saturated heterocycles. The van der Waals surface area contributed by atoms with Crippen LogP contribution in [0.15, 0.2) is 84.9 Å². The Morgan fingerprint density at radius 2 is 1.45 bits per heavy atom. The normalized spacial score (nSPS) is 11.5. The van der Waals surface area contributed by atoms with Gasteiger partial charge in [0.1, 0.15) is 0 Å². The van der Waals surface area contributed by atoms with Crippen LogP contribution in [0.25, 0.3) is 33.0 Å². The summed E-state index contributed by atoms with van der Waals surface area (Å²) in [7, 11) is 10.7. The molecule has 0 bridgehead atoms. The first kappa shape index (κ1) is 33.1. The van der Waals surface area contributed by atoms with Gasteiger partial charge in [-0.25, -0.2) is 0 Å². The zero-order valence-electron chi connectivity index (χ0n) is 25.8. The van der Waals surface area contributed by atoms with Crippen molar-refractivity contribution in [3.63, 3.8) is 0 Å². The van der Waals surface area contributed by atoms with E-state index in [0.29, 0.717) is 17.8 Å². The third-order valence-corrected chi connectivity index (χ3v) is 9.10. The Balaban J connectivity index is 0.000000209. The Morgan fingerprint density at radius 3 is 2.10 bits per heavy atom. The topological polar surface area (TPSA) is 0 Å². The Hall–Kier alpha value is -1.83. The molecule has 214 valence electrons. The summed E-state index contributed by atoms with van der Waals surface area (Å²) in [6.45, 7) is 16.0. The molecule has 0 nitrogen and oxygen atoms in total. The van der Waals surface area contributed by atoms with Crippen LogP contribution in [0.5, 0.6) is 0 Å². The SMILES string of the molecule is Cc1ccc2[cH-]c(CC(C)C)cc2c1-c1cc(C(C)C)cc(C(C)C)c1.[Cl][Zr+2][Cl].[c-]1cccc2c1[Si]c1ccccc1-2. The number of hydrogen-bond acceptors (Lipinski definition) is 0. The zero-order chi connectivity index (χ0) is 30.4. The monoisotopic (exact) mass is 684 g/mol. The molecule has 1 aliphatic rings. The molecule has 0 fully saturated rings. The molecule has 1 heterocycles. The molecule has 0 spiro atoms. The van der Waals surface area contributed by atoms with Crippen molar-refractivity contribution in [2.24, 2.45) is 5.92 Å². The molecule has 0 aromatic heterocycles. The van der Waals surface area contributed by atoms with Gasteiger partial charge in [-0.05, 0) is 47.8 Å². The van der Waals surface area contributed by atoms with Crippen molar-refractivity contribution < 1.29 is 20.8 Å². The second-order valence-electron chi connectivity index (χ2n) is 12.1. The van der Waals surface area contributed by atoms with E-state index in [-0.39, 0.29) is 0 Å². The molecule has 42 heavy (non-hydrogen) atoms. The van der Waals surface area contributed by atoms with E-state index in [4.69, 9.17) is 17.0 Å². The van der Waals surface area contributed by atoms with E-state index >= 15 is 0 Å². The zero-order valence-corrected chi connectivity index (χ0v) is 30.7. The van der Waals surface area contributed by atoms with Crippen molar-refractivity contribution in [1.29, 1.82) is 0 Å². The molecule has 2 radical (unpaired) electrons. The van der Waals surface area contributed by atoms with Gasteiger partial charge >= 0.3 is 37.9 Å². The Bertz CT molecular complexity index is 1560. The molecule has 0 unspecified atom stereocenters. The summed E-state index contributed by atoms with van der Waals surface area (Å²) >= 11 is -0.826. The van der Waals surface area contributed by atoms with E-state index in [2.05, 4.69) is 133 Å². The summed E-state index contributed by atoms with van der Waals surface area (Å²) in [5.41, 5.74) is 11.3. The van der Waals surface area contributed by atoms with Crippen molar-refractivity contribution in [2.75, 3.05) is 0 Å². The van der Waals surface area contributed by atoms with Crippen LogP contribution < -0.4 is 10.4 Å². The van der Waals surface area contributed by atoms with Crippen LogP contribution in [0.3, 0.4) is 0 Å². The molecule has 4 heteroatoms. The van der Waals surface area contributed by atoms with Gasteiger partial charge in [0.25, 0.3) is 0 Å². The van der Waals surface area contributed by atoms with E-state index < -0.39 is 20.8 Å². The fourth-order valence-electron chi connectivity index (χ4n) is 5.64. The van der Waals surface area contributed by atoms with Gasteiger partial charge in [-0.2, -0.15) is 35.5 Å². The number of aryl methyl sites for hydroxylation is 1. The number of benzene rings is 4. The van der Waals surface area contributed by atoms with Crippen LogP contribution in [0.4, 0.5) is 0 Å². The molecule has 0 atom stereocenters. The van der Waals surface area contributed by atoms with Crippen molar-refractivity contribution in [1.82, 2.24) is 0 Å². The van der Waals surface area contributed by atoms with Gasteiger partial charge < -0.3 is 0 Å². The van der Waals surface area contributed by atoms with E-state index in [1.807, 2.05) is 6.07 Å². The molecule has 0 N–H and O–H groups in total. The van der Waals surface area contributed by atoms with Crippen molar-refractivity contribution in [2.45, 2.75) is 66.7 Å². The van der Waals surface area contributed by atoms with Crippen LogP contribution in [0.1, 0.15) is 75.6 Å². The number of hydrogen-bond donors (Lipinski definition) is 0.